The van der Waals surface area contributed by atoms with Crippen molar-refractivity contribution in [3.63, 3.8) is 0 Å². The molecule has 3 aromatic rings. The Balaban J connectivity index is 1.42. The van der Waals surface area contributed by atoms with Crippen molar-refractivity contribution in [3.05, 3.63) is 76.6 Å². The molecular formula is C20H22N4O3S. The van der Waals surface area contributed by atoms with Gasteiger partial charge in [0.05, 0.1) is 24.1 Å². The zero-order valence-corrected chi connectivity index (χ0v) is 16.3. The van der Waals surface area contributed by atoms with Crippen LogP contribution in [0.3, 0.4) is 0 Å². The molecular weight excluding hydrogens is 376 g/mol. The number of aromatic nitrogens is 2. The molecule has 0 spiro atoms. The summed E-state index contributed by atoms with van der Waals surface area (Å²) in [5.41, 5.74) is 1.49. The first kappa shape index (κ1) is 18.8. The Morgan fingerprint density at radius 1 is 0.893 bits per heavy atom. The highest BCUT2D eigenvalue weighted by Gasteiger charge is 2.27. The number of para-hydroxylation sites is 1. The minimum Gasteiger partial charge on any atom is -0.287 e. The van der Waals surface area contributed by atoms with Crippen molar-refractivity contribution in [2.24, 2.45) is 0 Å². The van der Waals surface area contributed by atoms with E-state index >= 15 is 0 Å². The standard InChI is InChI=1S/C20H22N4O3S/c25-20-14-21-24(19-9-5-4-8-18(19)20)16-22-10-12-23(13-11-22)28(26,27)15-17-6-2-1-3-7-17/h1-9,14H,10-13,15-16H2. The minimum absolute atomic E-state index is 0.0275. The van der Waals surface area contributed by atoms with Gasteiger partial charge in [0, 0.05) is 31.6 Å². The number of rotatable bonds is 5. The molecule has 1 fully saturated rings. The lowest BCUT2D eigenvalue weighted by Gasteiger charge is -2.34. The maximum absolute atomic E-state index is 12.7. The van der Waals surface area contributed by atoms with Crippen LogP contribution in [0.4, 0.5) is 0 Å². The van der Waals surface area contributed by atoms with E-state index in [2.05, 4.69) is 10.00 Å². The minimum atomic E-state index is -3.33. The van der Waals surface area contributed by atoms with E-state index in [1.807, 2.05) is 48.5 Å². The van der Waals surface area contributed by atoms with E-state index in [4.69, 9.17) is 0 Å². The number of nitrogens with zero attached hydrogens (tertiary/aromatic N) is 4. The fraction of sp³-hybridized carbons (Fsp3) is 0.300. The van der Waals surface area contributed by atoms with Crippen molar-refractivity contribution in [1.29, 1.82) is 0 Å². The topological polar surface area (TPSA) is 75.5 Å². The fourth-order valence-electron chi connectivity index (χ4n) is 3.49. The predicted octanol–water partition coefficient (Wildman–Crippen LogP) is 1.50. The molecule has 1 aromatic heterocycles. The summed E-state index contributed by atoms with van der Waals surface area (Å²) in [6.07, 6.45) is 1.34. The Hall–Kier alpha value is -2.55. The number of piperazine rings is 1. The van der Waals surface area contributed by atoms with Gasteiger partial charge in [-0.15, -0.1) is 0 Å². The van der Waals surface area contributed by atoms with Gasteiger partial charge < -0.3 is 0 Å². The molecule has 0 amide bonds. The van der Waals surface area contributed by atoms with Crippen LogP contribution in [0, 0.1) is 0 Å². The maximum atomic E-state index is 12.7. The molecule has 146 valence electrons. The molecule has 0 radical (unpaired) electrons. The number of hydrogen-bond donors (Lipinski definition) is 0. The average molecular weight is 398 g/mol. The second-order valence-electron chi connectivity index (χ2n) is 6.93. The second-order valence-corrected chi connectivity index (χ2v) is 8.89. The van der Waals surface area contributed by atoms with Crippen LogP contribution in [-0.4, -0.2) is 53.6 Å². The van der Waals surface area contributed by atoms with Gasteiger partial charge in [0.25, 0.3) is 0 Å². The number of hydrogen-bond acceptors (Lipinski definition) is 5. The van der Waals surface area contributed by atoms with Crippen molar-refractivity contribution in [2.75, 3.05) is 26.2 Å². The summed E-state index contributed by atoms with van der Waals surface area (Å²) in [6.45, 7) is 2.67. The van der Waals surface area contributed by atoms with Gasteiger partial charge in [0.2, 0.25) is 15.5 Å². The smallest absolute Gasteiger partial charge is 0.218 e. The third kappa shape index (κ3) is 3.99. The fourth-order valence-corrected chi connectivity index (χ4v) is 5.00. The van der Waals surface area contributed by atoms with E-state index in [1.165, 1.54) is 6.20 Å². The molecule has 4 rings (SSSR count). The zero-order valence-electron chi connectivity index (χ0n) is 15.4. The van der Waals surface area contributed by atoms with E-state index < -0.39 is 10.0 Å². The molecule has 1 saturated heterocycles. The first-order valence-electron chi connectivity index (χ1n) is 9.22. The molecule has 0 aliphatic carbocycles. The monoisotopic (exact) mass is 398 g/mol. The molecule has 28 heavy (non-hydrogen) atoms. The summed E-state index contributed by atoms with van der Waals surface area (Å²) in [5, 5.41) is 4.90. The Kier molecular flexibility index (Phi) is 5.25. The van der Waals surface area contributed by atoms with Gasteiger partial charge in [0.1, 0.15) is 0 Å². The van der Waals surface area contributed by atoms with Gasteiger partial charge in [-0.1, -0.05) is 42.5 Å². The van der Waals surface area contributed by atoms with Gasteiger partial charge in [-0.05, 0) is 17.7 Å². The second kappa shape index (κ2) is 7.83. The first-order valence-corrected chi connectivity index (χ1v) is 10.8. The van der Waals surface area contributed by atoms with Crippen molar-refractivity contribution in [1.82, 2.24) is 19.0 Å². The molecule has 0 unspecified atom stereocenters. The molecule has 0 bridgehead atoms. The quantitative estimate of drug-likeness (QED) is 0.651. The Morgan fingerprint density at radius 2 is 1.57 bits per heavy atom. The summed E-state index contributed by atoms with van der Waals surface area (Å²) in [6, 6.07) is 16.6. The largest absolute Gasteiger partial charge is 0.287 e. The third-order valence-electron chi connectivity index (χ3n) is 5.01. The van der Waals surface area contributed by atoms with E-state index in [1.54, 1.807) is 15.1 Å². The Bertz CT molecular complexity index is 1120. The molecule has 0 atom stereocenters. The highest BCUT2D eigenvalue weighted by atomic mass is 32.2. The first-order chi connectivity index (χ1) is 13.5. The van der Waals surface area contributed by atoms with Crippen molar-refractivity contribution in [3.8, 4) is 0 Å². The van der Waals surface area contributed by atoms with E-state index in [9.17, 15) is 13.2 Å². The van der Waals surface area contributed by atoms with Gasteiger partial charge >= 0.3 is 0 Å². The number of sulfonamides is 1. The van der Waals surface area contributed by atoms with E-state index in [-0.39, 0.29) is 11.2 Å². The van der Waals surface area contributed by atoms with Crippen LogP contribution < -0.4 is 5.43 Å². The maximum Gasteiger partial charge on any atom is 0.218 e. The van der Waals surface area contributed by atoms with Crippen LogP contribution in [0.15, 0.2) is 65.6 Å². The molecule has 1 aliphatic heterocycles. The number of benzene rings is 2. The third-order valence-corrected chi connectivity index (χ3v) is 6.86. The van der Waals surface area contributed by atoms with Gasteiger partial charge in [-0.2, -0.15) is 9.40 Å². The zero-order chi connectivity index (χ0) is 19.6. The number of fused-ring (bicyclic) bond motifs is 1. The highest BCUT2D eigenvalue weighted by Crippen LogP contribution is 2.15. The normalized spacial score (nSPS) is 16.4. The van der Waals surface area contributed by atoms with Crippen LogP contribution in [0.2, 0.25) is 0 Å². The molecule has 2 heterocycles. The summed E-state index contributed by atoms with van der Waals surface area (Å²) < 4.78 is 28.7. The lowest BCUT2D eigenvalue weighted by atomic mass is 10.2. The van der Waals surface area contributed by atoms with E-state index in [0.717, 1.165) is 11.1 Å². The molecule has 8 heteroatoms. The van der Waals surface area contributed by atoms with Crippen LogP contribution in [0.5, 0.6) is 0 Å². The lowest BCUT2D eigenvalue weighted by molar-refractivity contribution is 0.147. The van der Waals surface area contributed by atoms with Gasteiger partial charge in [-0.3, -0.25) is 14.4 Å². The van der Waals surface area contributed by atoms with Gasteiger partial charge in [0.15, 0.2) is 0 Å². The molecule has 2 aromatic carbocycles. The summed E-state index contributed by atoms with van der Waals surface area (Å²) in [4.78, 5) is 14.1. The lowest BCUT2D eigenvalue weighted by Crippen LogP contribution is -2.49. The molecule has 0 N–H and O–H groups in total. The predicted molar refractivity (Wildman–Crippen MR) is 108 cm³/mol. The Labute approximate surface area is 163 Å². The van der Waals surface area contributed by atoms with Crippen LogP contribution in [0.25, 0.3) is 10.9 Å². The highest BCUT2D eigenvalue weighted by molar-refractivity contribution is 7.88. The van der Waals surface area contributed by atoms with Crippen LogP contribution >= 0.6 is 0 Å². The molecule has 1 aliphatic rings. The van der Waals surface area contributed by atoms with E-state index in [0.29, 0.717) is 38.2 Å². The molecule has 7 nitrogen and oxygen atoms in total. The average Bonchev–Trinajstić information content (AvgIpc) is 2.71. The SMILES string of the molecule is O=c1cnn(CN2CCN(S(=O)(=O)Cc3ccccc3)CC2)c2ccccc12. The summed E-state index contributed by atoms with van der Waals surface area (Å²) in [7, 11) is -3.33. The molecule has 0 saturated carbocycles. The Morgan fingerprint density at radius 3 is 2.32 bits per heavy atom. The van der Waals surface area contributed by atoms with Gasteiger partial charge in [-0.25, -0.2) is 8.42 Å². The van der Waals surface area contributed by atoms with Crippen LogP contribution in [0.1, 0.15) is 5.56 Å². The van der Waals surface area contributed by atoms with Crippen molar-refractivity contribution in [2.45, 2.75) is 12.4 Å². The summed E-state index contributed by atoms with van der Waals surface area (Å²) >= 11 is 0. The van der Waals surface area contributed by atoms with Crippen molar-refractivity contribution < 1.29 is 8.42 Å². The van der Waals surface area contributed by atoms with Crippen molar-refractivity contribution >= 4 is 20.9 Å². The summed E-state index contributed by atoms with van der Waals surface area (Å²) in [5.74, 6) is 0.0275. The van der Waals surface area contributed by atoms with Crippen LogP contribution in [-0.2, 0) is 22.4 Å².